The van der Waals surface area contributed by atoms with E-state index in [1.54, 1.807) is 6.07 Å². The highest BCUT2D eigenvalue weighted by atomic mass is 35.5. The molecule has 2 N–H and O–H groups in total. The molecule has 0 saturated heterocycles. The molecule has 1 aromatic heterocycles. The fourth-order valence-electron chi connectivity index (χ4n) is 3.00. The summed E-state index contributed by atoms with van der Waals surface area (Å²) in [4.78, 5) is 12.0. The van der Waals surface area contributed by atoms with E-state index < -0.39 is 5.82 Å². The number of H-pyrrole nitrogens is 1. The maximum atomic E-state index is 13.7. The van der Waals surface area contributed by atoms with E-state index in [0.29, 0.717) is 13.0 Å². The molecule has 2 aromatic rings. The van der Waals surface area contributed by atoms with Gasteiger partial charge in [-0.25, -0.2) is 4.39 Å². The first-order chi connectivity index (χ1) is 11.1. The lowest BCUT2D eigenvalue weighted by Crippen LogP contribution is -2.28. The zero-order chi connectivity index (χ0) is 16.2. The molecule has 0 aliphatic heterocycles. The van der Waals surface area contributed by atoms with Gasteiger partial charge in [0.15, 0.2) is 0 Å². The van der Waals surface area contributed by atoms with Gasteiger partial charge in [-0.2, -0.15) is 5.10 Å². The molecule has 0 atom stereocenters. The number of rotatable bonds is 5. The Kier molecular flexibility index (Phi) is 4.96. The number of carbonyl (C=O) groups excluding carboxylic acids is 1. The van der Waals surface area contributed by atoms with E-state index in [1.165, 1.54) is 36.2 Å². The van der Waals surface area contributed by atoms with E-state index in [1.807, 2.05) is 0 Å². The van der Waals surface area contributed by atoms with Gasteiger partial charge in [0.05, 0.1) is 12.1 Å². The van der Waals surface area contributed by atoms with Crippen LogP contribution in [0.4, 0.5) is 4.39 Å². The van der Waals surface area contributed by atoms with Gasteiger partial charge >= 0.3 is 0 Å². The first-order valence-electron chi connectivity index (χ1n) is 7.89. The van der Waals surface area contributed by atoms with Crippen molar-refractivity contribution in [1.82, 2.24) is 15.5 Å². The third-order valence-corrected chi connectivity index (χ3v) is 4.58. The molecule has 1 aliphatic rings. The number of carbonyl (C=O) groups is 1. The summed E-state index contributed by atoms with van der Waals surface area (Å²) in [5.74, 6) is -0.685. The van der Waals surface area contributed by atoms with Crippen LogP contribution >= 0.6 is 11.6 Å². The van der Waals surface area contributed by atoms with E-state index in [0.717, 1.165) is 18.5 Å². The molecule has 0 saturated carbocycles. The van der Waals surface area contributed by atoms with E-state index in [-0.39, 0.29) is 22.9 Å². The van der Waals surface area contributed by atoms with Gasteiger partial charge in [-0.1, -0.05) is 17.7 Å². The Labute approximate surface area is 139 Å². The molecule has 6 heteroatoms. The van der Waals surface area contributed by atoms with Crippen LogP contribution in [0.15, 0.2) is 18.2 Å². The summed E-state index contributed by atoms with van der Waals surface area (Å²) in [6, 6.07) is 4.42. The van der Waals surface area contributed by atoms with E-state index in [2.05, 4.69) is 15.5 Å². The van der Waals surface area contributed by atoms with Crippen molar-refractivity contribution in [2.75, 3.05) is 6.54 Å². The second-order valence-corrected chi connectivity index (χ2v) is 6.22. The Balaban J connectivity index is 1.53. The number of halogens is 2. The lowest BCUT2D eigenvalue weighted by molar-refractivity contribution is -0.120. The molecule has 1 aromatic carbocycles. The summed E-state index contributed by atoms with van der Waals surface area (Å²) in [6.07, 6.45) is 5.14. The molecule has 1 heterocycles. The standard InChI is InChI=1S/C17H19ClFN3O/c18-13-5-3-6-14(19)12(13)10-17(23)20-9-8-16-11-4-1-2-7-15(11)21-22-16/h3,5-6H,1-2,4,7-10H2,(H,20,23)(H,21,22). The summed E-state index contributed by atoms with van der Waals surface area (Å²) >= 11 is 5.93. The number of nitrogens with zero attached hydrogens (tertiary/aromatic N) is 1. The van der Waals surface area contributed by atoms with Crippen LogP contribution in [0, 0.1) is 5.82 Å². The van der Waals surface area contributed by atoms with Crippen LogP contribution in [0.5, 0.6) is 0 Å². The Bertz CT molecular complexity index is 694. The fourth-order valence-corrected chi connectivity index (χ4v) is 3.23. The van der Waals surface area contributed by atoms with E-state index in [9.17, 15) is 9.18 Å². The van der Waals surface area contributed by atoms with Crippen LogP contribution in [-0.4, -0.2) is 22.6 Å². The van der Waals surface area contributed by atoms with Gasteiger partial charge in [0.1, 0.15) is 5.82 Å². The summed E-state index contributed by atoms with van der Waals surface area (Å²) in [5, 5.41) is 10.5. The Morgan fingerprint density at radius 3 is 3.00 bits per heavy atom. The number of aryl methyl sites for hydroxylation is 1. The predicted octanol–water partition coefficient (Wildman–Crippen LogP) is 2.98. The number of hydrogen-bond donors (Lipinski definition) is 2. The van der Waals surface area contributed by atoms with Crippen molar-refractivity contribution >= 4 is 17.5 Å². The Morgan fingerprint density at radius 2 is 2.17 bits per heavy atom. The molecule has 1 aliphatic carbocycles. The normalized spacial score (nSPS) is 13.7. The summed E-state index contributed by atoms with van der Waals surface area (Å²) in [6.45, 7) is 0.488. The molecule has 4 nitrogen and oxygen atoms in total. The third kappa shape index (κ3) is 3.72. The first kappa shape index (κ1) is 16.0. The summed E-state index contributed by atoms with van der Waals surface area (Å²) in [5.41, 5.74) is 3.81. The molecule has 0 radical (unpaired) electrons. The molecular formula is C17H19ClFN3O. The van der Waals surface area contributed by atoms with Crippen LogP contribution in [0.2, 0.25) is 5.02 Å². The fraction of sp³-hybridized carbons (Fsp3) is 0.412. The average molecular weight is 336 g/mol. The van der Waals surface area contributed by atoms with Gasteiger partial charge in [0.25, 0.3) is 0 Å². The van der Waals surface area contributed by atoms with Crippen LogP contribution in [0.25, 0.3) is 0 Å². The van der Waals surface area contributed by atoms with Crippen molar-refractivity contribution in [2.45, 2.75) is 38.5 Å². The zero-order valence-electron chi connectivity index (χ0n) is 12.8. The molecule has 3 rings (SSSR count). The number of nitrogens with one attached hydrogen (secondary N) is 2. The minimum Gasteiger partial charge on any atom is -0.355 e. The lowest BCUT2D eigenvalue weighted by Gasteiger charge is -2.11. The van der Waals surface area contributed by atoms with Gasteiger partial charge in [-0.3, -0.25) is 9.89 Å². The van der Waals surface area contributed by atoms with Crippen molar-refractivity contribution in [3.63, 3.8) is 0 Å². The van der Waals surface area contributed by atoms with E-state index >= 15 is 0 Å². The highest BCUT2D eigenvalue weighted by Gasteiger charge is 2.17. The maximum Gasteiger partial charge on any atom is 0.224 e. The van der Waals surface area contributed by atoms with Crippen LogP contribution in [-0.2, 0) is 30.5 Å². The number of benzene rings is 1. The predicted molar refractivity (Wildman–Crippen MR) is 87.1 cm³/mol. The van der Waals surface area contributed by atoms with Gasteiger partial charge in [0.2, 0.25) is 5.91 Å². The largest absolute Gasteiger partial charge is 0.355 e. The molecule has 0 fully saturated rings. The van der Waals surface area contributed by atoms with E-state index in [4.69, 9.17) is 11.6 Å². The summed E-state index contributed by atoms with van der Waals surface area (Å²) in [7, 11) is 0. The lowest BCUT2D eigenvalue weighted by atomic mass is 9.95. The quantitative estimate of drug-likeness (QED) is 0.882. The minimum absolute atomic E-state index is 0.0514. The SMILES string of the molecule is O=C(Cc1c(F)cccc1Cl)NCCc1n[nH]c2c1CCCC2. The Hall–Kier alpha value is -1.88. The highest BCUT2D eigenvalue weighted by molar-refractivity contribution is 6.31. The second kappa shape index (κ2) is 7.13. The topological polar surface area (TPSA) is 57.8 Å². The summed E-state index contributed by atoms with van der Waals surface area (Å²) < 4.78 is 13.7. The number of aromatic amines is 1. The minimum atomic E-state index is -0.450. The van der Waals surface area contributed by atoms with Gasteiger partial charge < -0.3 is 5.32 Å². The van der Waals surface area contributed by atoms with Gasteiger partial charge in [-0.15, -0.1) is 0 Å². The van der Waals surface area contributed by atoms with Crippen LogP contribution in [0.1, 0.15) is 35.4 Å². The smallest absolute Gasteiger partial charge is 0.224 e. The second-order valence-electron chi connectivity index (χ2n) is 5.81. The van der Waals surface area contributed by atoms with Crippen molar-refractivity contribution < 1.29 is 9.18 Å². The van der Waals surface area contributed by atoms with Gasteiger partial charge in [-0.05, 0) is 43.4 Å². The van der Waals surface area contributed by atoms with Crippen molar-refractivity contribution in [2.24, 2.45) is 0 Å². The molecule has 122 valence electrons. The van der Waals surface area contributed by atoms with Gasteiger partial charge in [0, 0.05) is 29.2 Å². The molecule has 23 heavy (non-hydrogen) atoms. The molecule has 1 amide bonds. The highest BCUT2D eigenvalue weighted by Crippen LogP contribution is 2.22. The molecule has 0 bridgehead atoms. The maximum absolute atomic E-state index is 13.7. The molecular weight excluding hydrogens is 317 g/mol. The number of aromatic nitrogens is 2. The monoisotopic (exact) mass is 335 g/mol. The number of hydrogen-bond acceptors (Lipinski definition) is 2. The Morgan fingerprint density at radius 1 is 1.35 bits per heavy atom. The number of amides is 1. The van der Waals surface area contributed by atoms with Crippen molar-refractivity contribution in [3.05, 3.63) is 51.6 Å². The zero-order valence-corrected chi connectivity index (χ0v) is 13.5. The first-order valence-corrected chi connectivity index (χ1v) is 8.27. The van der Waals surface area contributed by atoms with Crippen LogP contribution in [0.3, 0.4) is 0 Å². The number of fused-ring (bicyclic) bond motifs is 1. The van der Waals surface area contributed by atoms with Crippen molar-refractivity contribution in [1.29, 1.82) is 0 Å². The average Bonchev–Trinajstić information content (AvgIpc) is 2.95. The molecule has 0 unspecified atom stereocenters. The van der Waals surface area contributed by atoms with Crippen molar-refractivity contribution in [3.8, 4) is 0 Å². The van der Waals surface area contributed by atoms with Crippen LogP contribution < -0.4 is 5.32 Å². The molecule has 0 spiro atoms. The third-order valence-electron chi connectivity index (χ3n) is 4.22.